The molecule has 37 heavy (non-hydrogen) atoms. The van der Waals surface area contributed by atoms with Crippen LogP contribution in [0.5, 0.6) is 0 Å². The smallest absolute Gasteiger partial charge is 0.415 e. The van der Waals surface area contributed by atoms with Crippen molar-refractivity contribution in [2.75, 3.05) is 31.4 Å². The first-order valence-electron chi connectivity index (χ1n) is 11.8. The zero-order valence-electron chi connectivity index (χ0n) is 21.6. The third-order valence-corrected chi connectivity index (χ3v) is 5.90. The number of hydrogen-bond donors (Lipinski definition) is 3. The summed E-state index contributed by atoms with van der Waals surface area (Å²) in [5.41, 5.74) is 0.0345. The molecule has 0 radical (unpaired) electrons. The molecule has 0 bridgehead atoms. The predicted molar refractivity (Wildman–Crippen MR) is 134 cm³/mol. The topological polar surface area (TPSA) is 152 Å². The van der Waals surface area contributed by atoms with Gasteiger partial charge in [-0.25, -0.2) is 9.78 Å². The Morgan fingerprint density at radius 3 is 2.59 bits per heavy atom. The Morgan fingerprint density at radius 2 is 1.97 bits per heavy atom. The summed E-state index contributed by atoms with van der Waals surface area (Å²) < 4.78 is 17.6. The molecule has 3 aromatic rings. The summed E-state index contributed by atoms with van der Waals surface area (Å²) in [7, 11) is 4.62. The molecular weight excluding hydrogens is 482 g/mol. The first kappa shape index (κ1) is 25.9. The lowest BCUT2D eigenvalue weighted by molar-refractivity contribution is 0.00732. The number of amides is 3. The molecule has 3 amide bonds. The van der Waals surface area contributed by atoms with E-state index >= 15 is 0 Å². The highest BCUT2D eigenvalue weighted by atomic mass is 16.6. The van der Waals surface area contributed by atoms with Gasteiger partial charge in [0.2, 0.25) is 5.76 Å². The second-order valence-electron chi connectivity index (χ2n) is 9.63. The number of furan rings is 1. The molecule has 13 nitrogen and oxygen atoms in total. The van der Waals surface area contributed by atoms with Gasteiger partial charge in [0.05, 0.1) is 30.3 Å². The van der Waals surface area contributed by atoms with E-state index in [2.05, 4.69) is 26.0 Å². The van der Waals surface area contributed by atoms with Gasteiger partial charge in [-0.3, -0.25) is 14.5 Å². The van der Waals surface area contributed by atoms with Gasteiger partial charge in [0, 0.05) is 33.3 Å². The second kappa shape index (κ2) is 10.1. The van der Waals surface area contributed by atoms with Crippen LogP contribution in [-0.4, -0.2) is 71.5 Å². The van der Waals surface area contributed by atoms with Crippen molar-refractivity contribution in [3.63, 3.8) is 0 Å². The second-order valence-corrected chi connectivity index (χ2v) is 9.63. The van der Waals surface area contributed by atoms with Crippen LogP contribution in [0.15, 0.2) is 29.0 Å². The lowest BCUT2D eigenvalue weighted by Gasteiger charge is -2.35. The molecule has 13 heteroatoms. The van der Waals surface area contributed by atoms with Crippen LogP contribution in [0, 0.1) is 0 Å². The summed E-state index contributed by atoms with van der Waals surface area (Å²) in [6.45, 7) is 5.28. The monoisotopic (exact) mass is 513 g/mol. The van der Waals surface area contributed by atoms with E-state index in [1.165, 1.54) is 36.0 Å². The molecule has 1 aliphatic carbocycles. The molecule has 1 aliphatic rings. The number of nitrogens with zero attached hydrogens (tertiary/aromatic N) is 4. The van der Waals surface area contributed by atoms with E-state index in [0.29, 0.717) is 5.69 Å². The highest BCUT2D eigenvalue weighted by Gasteiger charge is 2.33. The average molecular weight is 514 g/mol. The number of hydrogen-bond acceptors (Lipinski definition) is 9. The number of ether oxygens (including phenoxy) is 2. The molecule has 1 saturated carbocycles. The summed E-state index contributed by atoms with van der Waals surface area (Å²) in [6.07, 6.45) is 3.75. The fraction of sp³-hybridized carbons (Fsp3) is 0.458. The standard InChI is InChI=1S/C24H31N7O6/c1-24(2,3)37-23(34)30(5)18-11-17(27-15-9-10-36-19(15)22(33)25-4)29-20-13(12-26-31(18)20)21(32)28-14-7-8-16(14)35-6/h9-12,14,16H,7-8H2,1-6H3,(H,25,33)(H,27,29)(H,28,32)/t14?,16-/m0/s1. The molecule has 0 aliphatic heterocycles. The molecule has 3 heterocycles. The maximum Gasteiger partial charge on any atom is 0.415 e. The highest BCUT2D eigenvalue weighted by Crippen LogP contribution is 2.28. The van der Waals surface area contributed by atoms with E-state index < -0.39 is 17.6 Å². The lowest BCUT2D eigenvalue weighted by Crippen LogP contribution is -2.51. The van der Waals surface area contributed by atoms with Crippen molar-refractivity contribution < 1.29 is 28.3 Å². The van der Waals surface area contributed by atoms with Gasteiger partial charge in [-0.2, -0.15) is 9.61 Å². The van der Waals surface area contributed by atoms with Crippen LogP contribution in [0.3, 0.4) is 0 Å². The van der Waals surface area contributed by atoms with Crippen LogP contribution in [-0.2, 0) is 9.47 Å². The van der Waals surface area contributed by atoms with Crippen molar-refractivity contribution in [1.82, 2.24) is 25.2 Å². The van der Waals surface area contributed by atoms with Crippen molar-refractivity contribution in [3.8, 4) is 0 Å². The summed E-state index contributed by atoms with van der Waals surface area (Å²) >= 11 is 0. The van der Waals surface area contributed by atoms with E-state index in [-0.39, 0.29) is 46.7 Å². The SMILES string of the molecule is CNC(=O)c1occc1Nc1cc(N(C)C(=O)OC(C)(C)C)n2ncc(C(=O)NC3CC[C@@H]3OC)c2n1. The molecule has 198 valence electrons. The number of fused-ring (bicyclic) bond motifs is 1. The van der Waals surface area contributed by atoms with Crippen molar-refractivity contribution in [2.24, 2.45) is 0 Å². The first-order chi connectivity index (χ1) is 17.5. The number of carbonyl (C=O) groups excluding carboxylic acids is 3. The molecule has 0 saturated heterocycles. The number of carbonyl (C=O) groups is 3. The van der Waals surface area contributed by atoms with Crippen LogP contribution >= 0.6 is 0 Å². The number of rotatable bonds is 7. The minimum atomic E-state index is -0.729. The Hall–Kier alpha value is -4.13. The Balaban J connectivity index is 1.75. The molecular formula is C24H31N7O6. The Labute approximate surface area is 213 Å². The number of nitrogens with one attached hydrogen (secondary N) is 3. The third kappa shape index (κ3) is 5.35. The molecule has 0 aromatic carbocycles. The molecule has 3 N–H and O–H groups in total. The normalized spacial score (nSPS) is 17.1. The van der Waals surface area contributed by atoms with Crippen molar-refractivity contribution >= 4 is 40.9 Å². The largest absolute Gasteiger partial charge is 0.457 e. The van der Waals surface area contributed by atoms with Gasteiger partial charge in [-0.1, -0.05) is 0 Å². The summed E-state index contributed by atoms with van der Waals surface area (Å²) in [6, 6.07) is 3.01. The Kier molecular flexibility index (Phi) is 7.07. The molecule has 1 unspecified atom stereocenters. The van der Waals surface area contributed by atoms with E-state index in [0.717, 1.165) is 12.8 Å². The van der Waals surface area contributed by atoms with E-state index in [1.54, 1.807) is 40.0 Å². The fourth-order valence-electron chi connectivity index (χ4n) is 3.83. The van der Waals surface area contributed by atoms with E-state index in [9.17, 15) is 14.4 Å². The minimum absolute atomic E-state index is 0.0472. The molecule has 0 spiro atoms. The van der Waals surface area contributed by atoms with Crippen LogP contribution in [0.1, 0.15) is 54.5 Å². The average Bonchev–Trinajstić information content (AvgIpc) is 3.46. The van der Waals surface area contributed by atoms with E-state index in [1.807, 2.05) is 0 Å². The summed E-state index contributed by atoms with van der Waals surface area (Å²) in [4.78, 5) is 44.0. The van der Waals surface area contributed by atoms with Crippen molar-refractivity contribution in [3.05, 3.63) is 35.9 Å². The highest BCUT2D eigenvalue weighted by molar-refractivity contribution is 6.01. The lowest BCUT2D eigenvalue weighted by atomic mass is 9.89. The van der Waals surface area contributed by atoms with Crippen LogP contribution in [0.4, 0.5) is 22.1 Å². The molecule has 2 atom stereocenters. The van der Waals surface area contributed by atoms with Gasteiger partial charge >= 0.3 is 6.09 Å². The minimum Gasteiger partial charge on any atom is -0.457 e. The maximum atomic E-state index is 13.1. The predicted octanol–water partition coefficient (Wildman–Crippen LogP) is 2.70. The number of anilines is 3. The molecule has 1 fully saturated rings. The summed E-state index contributed by atoms with van der Waals surface area (Å²) in [5.74, 6) is -0.223. The van der Waals surface area contributed by atoms with Crippen molar-refractivity contribution in [2.45, 2.75) is 51.4 Å². The fourth-order valence-corrected chi connectivity index (χ4v) is 3.83. The first-order valence-corrected chi connectivity index (χ1v) is 11.8. The number of methoxy groups -OCH3 is 1. The van der Waals surface area contributed by atoms with Crippen molar-refractivity contribution in [1.29, 1.82) is 0 Å². The van der Waals surface area contributed by atoms with Gasteiger partial charge in [-0.05, 0) is 33.6 Å². The van der Waals surface area contributed by atoms with Gasteiger partial charge in [0.1, 0.15) is 22.8 Å². The molecule has 4 rings (SSSR count). The Bertz CT molecular complexity index is 1320. The van der Waals surface area contributed by atoms with Crippen LogP contribution in [0.2, 0.25) is 0 Å². The number of aromatic nitrogens is 3. The van der Waals surface area contributed by atoms with E-state index in [4.69, 9.17) is 13.9 Å². The van der Waals surface area contributed by atoms with Gasteiger partial charge in [0.25, 0.3) is 11.8 Å². The Morgan fingerprint density at radius 1 is 1.22 bits per heavy atom. The van der Waals surface area contributed by atoms with Crippen LogP contribution in [0.25, 0.3) is 5.65 Å². The zero-order valence-corrected chi connectivity index (χ0v) is 21.6. The molecule has 3 aromatic heterocycles. The third-order valence-electron chi connectivity index (χ3n) is 5.90. The van der Waals surface area contributed by atoms with Gasteiger partial charge < -0.3 is 29.8 Å². The zero-order chi connectivity index (χ0) is 26.9. The van der Waals surface area contributed by atoms with Crippen LogP contribution < -0.4 is 20.9 Å². The summed E-state index contributed by atoms with van der Waals surface area (Å²) in [5, 5.41) is 12.8. The maximum absolute atomic E-state index is 13.1. The van der Waals surface area contributed by atoms with Gasteiger partial charge in [-0.15, -0.1) is 0 Å². The quantitative estimate of drug-likeness (QED) is 0.433. The van der Waals surface area contributed by atoms with Gasteiger partial charge in [0.15, 0.2) is 5.65 Å².